The number of carbonyl (C=O) groups is 7. The van der Waals surface area contributed by atoms with Crippen LogP contribution in [0, 0.1) is 6.92 Å². The van der Waals surface area contributed by atoms with E-state index in [2.05, 4.69) is 21.3 Å². The number of benzene rings is 2. The lowest BCUT2D eigenvalue weighted by Gasteiger charge is -2.39. The van der Waals surface area contributed by atoms with E-state index in [0.29, 0.717) is 55.8 Å². The third kappa shape index (κ3) is 9.45. The molecular formula is C41H52ClN7O9. The zero-order chi connectivity index (χ0) is 41.9. The largest absolute Gasteiger partial charge is 0.391 e. The molecule has 1 aliphatic carbocycles. The lowest BCUT2D eigenvalue weighted by molar-refractivity contribution is -0.152. The van der Waals surface area contributed by atoms with Crippen LogP contribution >= 0.6 is 11.6 Å². The van der Waals surface area contributed by atoms with Crippen molar-refractivity contribution in [1.29, 1.82) is 0 Å². The highest BCUT2D eigenvalue weighted by Gasteiger charge is 2.62. The van der Waals surface area contributed by atoms with E-state index in [1.165, 1.54) is 11.8 Å². The highest BCUT2D eigenvalue weighted by atomic mass is 35.5. The summed E-state index contributed by atoms with van der Waals surface area (Å²) in [4.78, 5) is 98.9. The van der Waals surface area contributed by atoms with E-state index >= 15 is 0 Å². The minimum absolute atomic E-state index is 0.0209. The molecule has 2 aromatic rings. The molecule has 4 aliphatic rings. The molecule has 7 amide bonds. The Labute approximate surface area is 342 Å². The number of hydrogen-bond acceptors (Lipinski definition) is 9. The van der Waals surface area contributed by atoms with E-state index in [1.807, 2.05) is 25.1 Å². The van der Waals surface area contributed by atoms with Gasteiger partial charge in [-0.15, -0.1) is 0 Å². The van der Waals surface area contributed by atoms with Gasteiger partial charge in [0, 0.05) is 49.6 Å². The number of aliphatic hydroxyl groups excluding tert-OH is 2. The van der Waals surface area contributed by atoms with Crippen LogP contribution in [0.15, 0.2) is 48.5 Å². The number of rotatable bonds is 12. The maximum absolute atomic E-state index is 14.3. The quantitative estimate of drug-likeness (QED) is 0.182. The average molecular weight is 822 g/mol. The molecule has 3 heterocycles. The summed E-state index contributed by atoms with van der Waals surface area (Å²) < 4.78 is 0. The predicted molar refractivity (Wildman–Crippen MR) is 212 cm³/mol. The van der Waals surface area contributed by atoms with Crippen LogP contribution < -0.4 is 21.3 Å². The Hall–Kier alpha value is -5.06. The zero-order valence-corrected chi connectivity index (χ0v) is 33.7. The number of piperidine rings is 1. The zero-order valence-electron chi connectivity index (χ0n) is 32.9. The summed E-state index contributed by atoms with van der Waals surface area (Å²) in [5.41, 5.74) is 1.30. The van der Waals surface area contributed by atoms with Crippen molar-refractivity contribution in [2.75, 3.05) is 25.0 Å². The first-order chi connectivity index (χ1) is 27.6. The molecule has 17 heteroatoms. The monoisotopic (exact) mass is 821 g/mol. The fourth-order valence-electron chi connectivity index (χ4n) is 8.41. The lowest BCUT2D eigenvalue weighted by Crippen LogP contribution is -2.62. The Balaban J connectivity index is 1.15. The van der Waals surface area contributed by atoms with Gasteiger partial charge in [-0.2, -0.15) is 0 Å². The number of nitrogens with one attached hydrogen (secondary N) is 4. The van der Waals surface area contributed by atoms with Crippen molar-refractivity contribution in [3.63, 3.8) is 0 Å². The number of aryl methyl sites for hydroxylation is 1. The van der Waals surface area contributed by atoms with Gasteiger partial charge < -0.3 is 46.2 Å². The van der Waals surface area contributed by atoms with Crippen LogP contribution in [0.2, 0.25) is 5.02 Å². The van der Waals surface area contributed by atoms with Gasteiger partial charge in [-0.25, -0.2) is 4.79 Å². The number of anilines is 1. The maximum atomic E-state index is 14.3. The number of ketones is 1. The second-order valence-corrected chi connectivity index (χ2v) is 16.4. The molecule has 6 rings (SSSR count). The summed E-state index contributed by atoms with van der Waals surface area (Å²) in [6.07, 6.45) is 0.485. The summed E-state index contributed by atoms with van der Waals surface area (Å²) >= 11 is 5.97. The van der Waals surface area contributed by atoms with Crippen LogP contribution in [-0.4, -0.2) is 134 Å². The number of likely N-dealkylation sites (tertiary alicyclic amines) is 3. The second kappa shape index (κ2) is 17.8. The minimum atomic E-state index is -1.58. The van der Waals surface area contributed by atoms with E-state index in [4.69, 9.17) is 11.6 Å². The number of carbonyl (C=O) groups excluding carboxylic acids is 7. The van der Waals surface area contributed by atoms with Crippen molar-refractivity contribution in [3.05, 3.63) is 64.7 Å². The first-order valence-corrected chi connectivity index (χ1v) is 20.3. The van der Waals surface area contributed by atoms with Gasteiger partial charge in [0.25, 0.3) is 0 Å². The van der Waals surface area contributed by atoms with Crippen molar-refractivity contribution in [2.45, 2.75) is 120 Å². The molecule has 16 nitrogen and oxygen atoms in total. The number of hydrogen-bond donors (Lipinski definition) is 6. The third-order valence-electron chi connectivity index (χ3n) is 11.6. The van der Waals surface area contributed by atoms with Gasteiger partial charge in [-0.3, -0.25) is 28.8 Å². The number of urea groups is 1. The van der Waals surface area contributed by atoms with Gasteiger partial charge in [-0.05, 0) is 82.7 Å². The van der Waals surface area contributed by atoms with Gasteiger partial charge in [0.05, 0.1) is 12.2 Å². The standard InChI is InChI=1S/C41H52ClN7O9/c1-23-8-6-9-26(18-23)19-30(45-40(58)44-28-13-11-27(42)12-14-28)35(53)46-34(25(3)50)39(57)48-22-29(51)20-32(48)38(56)47-16-5-4-10-31(47)36(54)43-24(2)37(55)49-17-7-15-41(49)21-33(41)52/h6,8-9,11-14,18,24-25,29-32,34,50-51H,4-5,7,10,15-17,19-22H2,1-3H3,(H,43,54)(H,46,53)(H2,44,45,58)/t24-,25-,29+,30-,31-,32-,34-,41-/m0/s1. The minimum Gasteiger partial charge on any atom is -0.391 e. The molecule has 1 spiro atoms. The van der Waals surface area contributed by atoms with E-state index in [0.717, 1.165) is 16.0 Å². The molecule has 0 unspecified atom stereocenters. The maximum Gasteiger partial charge on any atom is 0.319 e. The highest BCUT2D eigenvalue weighted by molar-refractivity contribution is 6.30. The van der Waals surface area contributed by atoms with E-state index in [-0.39, 0.29) is 37.6 Å². The Kier molecular flexibility index (Phi) is 13.1. The van der Waals surface area contributed by atoms with Gasteiger partial charge in [0.1, 0.15) is 35.7 Å². The van der Waals surface area contributed by atoms with E-state index < -0.39 is 77.6 Å². The number of halogens is 1. The van der Waals surface area contributed by atoms with Crippen LogP contribution in [0.1, 0.15) is 69.9 Å². The van der Waals surface area contributed by atoms with Crippen LogP contribution in [-0.2, 0) is 35.2 Å². The molecule has 0 bridgehead atoms. The van der Waals surface area contributed by atoms with Crippen LogP contribution in [0.4, 0.5) is 10.5 Å². The van der Waals surface area contributed by atoms with Crippen molar-refractivity contribution in [1.82, 2.24) is 30.7 Å². The summed E-state index contributed by atoms with van der Waals surface area (Å²) in [5.74, 6) is -3.07. The first-order valence-electron chi connectivity index (χ1n) is 19.9. The van der Waals surface area contributed by atoms with E-state index in [9.17, 15) is 43.8 Å². The first kappa shape index (κ1) is 42.5. The van der Waals surface area contributed by atoms with Crippen LogP contribution in [0.25, 0.3) is 0 Å². The summed E-state index contributed by atoms with van der Waals surface area (Å²) in [6, 6.07) is 7.07. The topological polar surface area (TPSA) is 218 Å². The molecule has 3 aliphatic heterocycles. The Bertz CT molecular complexity index is 1930. The normalized spacial score (nSPS) is 24.8. The van der Waals surface area contributed by atoms with Crippen molar-refractivity contribution in [3.8, 4) is 0 Å². The lowest BCUT2D eigenvalue weighted by atomic mass is 9.98. The molecule has 8 atom stereocenters. The fraction of sp³-hybridized carbons (Fsp3) is 0.537. The Morgan fingerprint density at radius 2 is 1.64 bits per heavy atom. The summed E-state index contributed by atoms with van der Waals surface area (Å²) in [5, 5.41) is 32.8. The molecule has 0 aromatic heterocycles. The molecule has 58 heavy (non-hydrogen) atoms. The number of amides is 7. The smallest absolute Gasteiger partial charge is 0.319 e. The molecular weight excluding hydrogens is 770 g/mol. The molecule has 6 N–H and O–H groups in total. The number of nitrogens with zero attached hydrogens (tertiary/aromatic N) is 3. The predicted octanol–water partition coefficient (Wildman–Crippen LogP) is 1.43. The second-order valence-electron chi connectivity index (χ2n) is 16.0. The van der Waals surface area contributed by atoms with Crippen molar-refractivity contribution < 1.29 is 43.8 Å². The summed E-state index contributed by atoms with van der Waals surface area (Å²) in [7, 11) is 0. The number of β-amino-alcohol motifs (C(OH)–C–C–N with tert-alkyl or cyclic N) is 1. The van der Waals surface area contributed by atoms with Gasteiger partial charge in [0.2, 0.25) is 29.5 Å². The number of aliphatic hydroxyl groups is 2. The number of Topliss-reactive ketones (excluding diaryl/α,β-unsaturated/α-hetero) is 1. The molecule has 1 saturated carbocycles. The van der Waals surface area contributed by atoms with Gasteiger partial charge in [-0.1, -0.05) is 41.4 Å². The van der Waals surface area contributed by atoms with Crippen LogP contribution in [0.5, 0.6) is 0 Å². The van der Waals surface area contributed by atoms with Crippen LogP contribution in [0.3, 0.4) is 0 Å². The SMILES string of the molecule is Cc1cccc(C[C@H](NC(=O)Nc2ccc(Cl)cc2)C(=O)N[C@H](C(=O)N2C[C@H](O)C[C@H]2C(=O)N2CCCC[C@H]2C(=O)N[C@@H](C)C(=O)N2CCC[C@@]23CC3=O)[C@H](C)O)c1. The molecule has 4 fully saturated rings. The highest BCUT2D eigenvalue weighted by Crippen LogP contribution is 2.46. The molecule has 3 saturated heterocycles. The van der Waals surface area contributed by atoms with Crippen molar-refractivity contribution in [2.24, 2.45) is 0 Å². The van der Waals surface area contributed by atoms with Gasteiger partial charge >= 0.3 is 6.03 Å². The molecule has 0 radical (unpaired) electrons. The average Bonchev–Trinajstić information content (AvgIpc) is 3.45. The molecule has 2 aromatic carbocycles. The Morgan fingerprint density at radius 3 is 2.31 bits per heavy atom. The van der Waals surface area contributed by atoms with E-state index in [1.54, 1.807) is 42.2 Å². The fourth-order valence-corrected chi connectivity index (χ4v) is 8.54. The molecule has 312 valence electrons. The third-order valence-corrected chi connectivity index (χ3v) is 11.8. The van der Waals surface area contributed by atoms with Crippen molar-refractivity contribution >= 4 is 58.6 Å². The van der Waals surface area contributed by atoms with Gasteiger partial charge in [0.15, 0.2) is 5.78 Å². The summed E-state index contributed by atoms with van der Waals surface area (Å²) in [6.45, 7) is 5.10. The Morgan fingerprint density at radius 1 is 0.914 bits per heavy atom.